The number of nitrogens with zero attached hydrogens (tertiary/aromatic N) is 2. The van der Waals surface area contributed by atoms with E-state index in [0.717, 1.165) is 22.2 Å². The minimum absolute atomic E-state index is 0.610. The zero-order valence-corrected chi connectivity index (χ0v) is 12.1. The lowest BCUT2D eigenvalue weighted by molar-refractivity contribution is 0.413. The van der Waals surface area contributed by atoms with Crippen LogP contribution in [-0.2, 0) is 6.54 Å². The van der Waals surface area contributed by atoms with E-state index in [0.29, 0.717) is 6.01 Å². The van der Waals surface area contributed by atoms with E-state index in [9.17, 15) is 0 Å². The van der Waals surface area contributed by atoms with Gasteiger partial charge in [0, 0.05) is 18.9 Å². The molecule has 0 atom stereocenters. The van der Waals surface area contributed by atoms with Crippen LogP contribution in [0.25, 0.3) is 10.8 Å². The number of aryl methyl sites for hydroxylation is 1. The maximum atomic E-state index is 5.88. The molecule has 96 valence electrons. The highest BCUT2D eigenvalue weighted by atomic mass is 79.9. The highest BCUT2D eigenvalue weighted by Gasteiger charge is 2.09. The summed E-state index contributed by atoms with van der Waals surface area (Å²) in [5.41, 5.74) is 0. The Morgan fingerprint density at radius 2 is 2.05 bits per heavy atom. The van der Waals surface area contributed by atoms with Crippen molar-refractivity contribution in [2.75, 3.05) is 0 Å². The maximum absolute atomic E-state index is 5.88. The molecule has 1 heterocycles. The molecule has 0 aliphatic carbocycles. The van der Waals surface area contributed by atoms with Crippen LogP contribution in [0.4, 0.5) is 0 Å². The molecule has 0 unspecified atom stereocenters. The molecular weight excluding hydrogens is 304 g/mol. The van der Waals surface area contributed by atoms with Gasteiger partial charge in [0.2, 0.25) is 0 Å². The molecule has 0 aliphatic heterocycles. The number of fused-ring (bicyclic) bond motifs is 1. The van der Waals surface area contributed by atoms with Gasteiger partial charge in [0.1, 0.15) is 5.75 Å². The summed E-state index contributed by atoms with van der Waals surface area (Å²) in [6, 6.07) is 12.8. The van der Waals surface area contributed by atoms with Crippen molar-refractivity contribution in [1.29, 1.82) is 0 Å². The van der Waals surface area contributed by atoms with Gasteiger partial charge in [0.25, 0.3) is 0 Å². The fraction of sp³-hybridized carbons (Fsp3) is 0.133. The van der Waals surface area contributed by atoms with E-state index < -0.39 is 0 Å². The van der Waals surface area contributed by atoms with Crippen LogP contribution in [0.2, 0.25) is 0 Å². The Balaban J connectivity index is 2.04. The SMILES string of the molecule is CCn1ccnc1Oc1ccc2ccccc2c1Br. The summed E-state index contributed by atoms with van der Waals surface area (Å²) in [6.07, 6.45) is 3.65. The number of aromatic nitrogens is 2. The van der Waals surface area contributed by atoms with Gasteiger partial charge in [-0.3, -0.25) is 0 Å². The molecule has 1 aromatic heterocycles. The summed E-state index contributed by atoms with van der Waals surface area (Å²) in [5, 5.41) is 2.31. The molecule has 3 nitrogen and oxygen atoms in total. The summed E-state index contributed by atoms with van der Waals surface area (Å²) in [6.45, 7) is 2.89. The minimum atomic E-state index is 0.610. The van der Waals surface area contributed by atoms with Crippen LogP contribution in [-0.4, -0.2) is 9.55 Å². The first-order chi connectivity index (χ1) is 9.29. The van der Waals surface area contributed by atoms with E-state index in [4.69, 9.17) is 4.74 Å². The van der Waals surface area contributed by atoms with Crippen LogP contribution in [0.5, 0.6) is 11.8 Å². The molecule has 0 aliphatic rings. The molecule has 0 fully saturated rings. The summed E-state index contributed by atoms with van der Waals surface area (Å²) >= 11 is 3.61. The number of hydrogen-bond acceptors (Lipinski definition) is 2. The van der Waals surface area contributed by atoms with Crippen LogP contribution in [0.1, 0.15) is 6.92 Å². The van der Waals surface area contributed by atoms with E-state index >= 15 is 0 Å². The van der Waals surface area contributed by atoms with Crippen LogP contribution < -0.4 is 4.74 Å². The standard InChI is InChI=1S/C15H13BrN2O/c1-2-18-10-9-17-15(18)19-13-8-7-11-5-3-4-6-12(11)14(13)16/h3-10H,2H2,1H3. The highest BCUT2D eigenvalue weighted by molar-refractivity contribution is 9.10. The second kappa shape index (κ2) is 5.05. The van der Waals surface area contributed by atoms with Crippen molar-refractivity contribution in [1.82, 2.24) is 9.55 Å². The molecule has 0 N–H and O–H groups in total. The Kier molecular flexibility index (Phi) is 3.25. The third kappa shape index (κ3) is 2.24. The van der Waals surface area contributed by atoms with E-state index in [1.54, 1.807) is 6.20 Å². The second-order valence-electron chi connectivity index (χ2n) is 4.20. The van der Waals surface area contributed by atoms with Crippen molar-refractivity contribution in [3.63, 3.8) is 0 Å². The molecule has 0 bridgehead atoms. The molecule has 0 amide bonds. The van der Waals surface area contributed by atoms with Gasteiger partial charge in [-0.15, -0.1) is 0 Å². The summed E-state index contributed by atoms with van der Waals surface area (Å²) in [5.74, 6) is 0.777. The van der Waals surface area contributed by atoms with Crippen LogP contribution in [0.3, 0.4) is 0 Å². The van der Waals surface area contributed by atoms with Gasteiger partial charge in [-0.05, 0) is 39.7 Å². The number of halogens is 1. The van der Waals surface area contributed by atoms with E-state index in [-0.39, 0.29) is 0 Å². The second-order valence-corrected chi connectivity index (χ2v) is 4.99. The summed E-state index contributed by atoms with van der Waals surface area (Å²) < 4.78 is 8.80. The van der Waals surface area contributed by atoms with Gasteiger partial charge in [-0.2, -0.15) is 0 Å². The first kappa shape index (κ1) is 12.2. The third-order valence-corrected chi connectivity index (χ3v) is 3.87. The maximum Gasteiger partial charge on any atom is 0.301 e. The molecule has 3 rings (SSSR count). The van der Waals surface area contributed by atoms with E-state index in [2.05, 4.69) is 46.0 Å². The molecular formula is C15H13BrN2O. The van der Waals surface area contributed by atoms with Crippen molar-refractivity contribution in [2.24, 2.45) is 0 Å². The third-order valence-electron chi connectivity index (χ3n) is 3.05. The van der Waals surface area contributed by atoms with Crippen molar-refractivity contribution >= 4 is 26.7 Å². The number of ether oxygens (including phenoxy) is 1. The zero-order chi connectivity index (χ0) is 13.2. The van der Waals surface area contributed by atoms with Crippen LogP contribution in [0, 0.1) is 0 Å². The Hall–Kier alpha value is -1.81. The van der Waals surface area contributed by atoms with Gasteiger partial charge in [-0.1, -0.05) is 30.3 Å². The largest absolute Gasteiger partial charge is 0.424 e. The molecule has 0 radical (unpaired) electrons. The average molecular weight is 317 g/mol. The van der Waals surface area contributed by atoms with Gasteiger partial charge < -0.3 is 9.30 Å². The monoisotopic (exact) mass is 316 g/mol. The summed E-state index contributed by atoms with van der Waals surface area (Å²) in [4.78, 5) is 4.22. The van der Waals surface area contributed by atoms with Crippen molar-refractivity contribution in [3.8, 4) is 11.8 Å². The van der Waals surface area contributed by atoms with E-state index in [1.807, 2.05) is 29.0 Å². The fourth-order valence-corrected chi connectivity index (χ4v) is 2.61. The lowest BCUT2D eigenvalue weighted by Gasteiger charge is -2.10. The summed E-state index contributed by atoms with van der Waals surface area (Å²) in [7, 11) is 0. The zero-order valence-electron chi connectivity index (χ0n) is 10.5. The van der Waals surface area contributed by atoms with Gasteiger partial charge >= 0.3 is 6.01 Å². The number of benzene rings is 2. The first-order valence-corrected chi connectivity index (χ1v) is 6.95. The van der Waals surface area contributed by atoms with Crippen molar-refractivity contribution < 1.29 is 4.74 Å². The molecule has 0 spiro atoms. The lowest BCUT2D eigenvalue weighted by Crippen LogP contribution is -1.97. The van der Waals surface area contributed by atoms with Crippen LogP contribution in [0.15, 0.2) is 53.3 Å². The molecule has 2 aromatic carbocycles. The predicted molar refractivity (Wildman–Crippen MR) is 79.6 cm³/mol. The number of hydrogen-bond donors (Lipinski definition) is 0. The Morgan fingerprint density at radius 3 is 2.89 bits per heavy atom. The fourth-order valence-electron chi connectivity index (χ4n) is 2.03. The molecule has 19 heavy (non-hydrogen) atoms. The van der Waals surface area contributed by atoms with Gasteiger partial charge in [0.15, 0.2) is 0 Å². The first-order valence-electron chi connectivity index (χ1n) is 6.16. The minimum Gasteiger partial charge on any atom is -0.424 e. The molecule has 0 saturated carbocycles. The quantitative estimate of drug-likeness (QED) is 0.705. The molecule has 4 heteroatoms. The lowest BCUT2D eigenvalue weighted by atomic mass is 10.1. The smallest absolute Gasteiger partial charge is 0.301 e. The Bertz CT molecular complexity index is 721. The van der Waals surface area contributed by atoms with Gasteiger partial charge in [-0.25, -0.2) is 4.98 Å². The van der Waals surface area contributed by atoms with Crippen molar-refractivity contribution in [2.45, 2.75) is 13.5 Å². The normalized spacial score (nSPS) is 10.8. The molecule has 3 aromatic rings. The highest BCUT2D eigenvalue weighted by Crippen LogP contribution is 2.35. The van der Waals surface area contributed by atoms with E-state index in [1.165, 1.54) is 5.39 Å². The Morgan fingerprint density at radius 1 is 1.21 bits per heavy atom. The predicted octanol–water partition coefficient (Wildman–Crippen LogP) is 4.61. The van der Waals surface area contributed by atoms with Crippen molar-refractivity contribution in [3.05, 3.63) is 53.3 Å². The number of rotatable bonds is 3. The Labute approximate surface area is 120 Å². The average Bonchev–Trinajstić information content (AvgIpc) is 2.89. The number of imidazole rings is 1. The topological polar surface area (TPSA) is 27.1 Å². The van der Waals surface area contributed by atoms with Gasteiger partial charge in [0.05, 0.1) is 4.47 Å². The van der Waals surface area contributed by atoms with Crippen LogP contribution >= 0.6 is 15.9 Å². The molecule has 0 saturated heterocycles.